The maximum atomic E-state index is 11.3. The van der Waals surface area contributed by atoms with Crippen LogP contribution in [-0.4, -0.2) is 18.7 Å². The topological polar surface area (TPSA) is 35.5 Å². The van der Waals surface area contributed by atoms with E-state index in [4.69, 9.17) is 9.47 Å². The molecule has 0 amide bonds. The van der Waals surface area contributed by atoms with Gasteiger partial charge in [0.05, 0.1) is 6.61 Å². The van der Waals surface area contributed by atoms with Crippen LogP contribution in [0.5, 0.6) is 0 Å². The van der Waals surface area contributed by atoms with Gasteiger partial charge in [0, 0.05) is 12.8 Å². The summed E-state index contributed by atoms with van der Waals surface area (Å²) in [5.41, 5.74) is 2.53. The number of rotatable bonds is 7. The van der Waals surface area contributed by atoms with Crippen molar-refractivity contribution in [3.63, 3.8) is 0 Å². The number of carbonyl (C=O) groups excluding carboxylic acids is 1. The van der Waals surface area contributed by atoms with Crippen molar-refractivity contribution in [3.05, 3.63) is 120 Å². The largest absolute Gasteiger partial charge is 0.458 e. The van der Waals surface area contributed by atoms with Crippen LogP contribution in [0.2, 0.25) is 0 Å². The standard InChI is InChI=1S/C27H26O3/c1-21(28)30-26-18-17-22(19-26)20-29-27(23-11-5-2-6-12-23,24-13-7-3-8-14-24)25-15-9-4-10-16-25/h2-18,22,26H,19-20H2,1H3/t22-,26+/m1/s1. The van der Waals surface area contributed by atoms with E-state index in [0.717, 1.165) is 23.1 Å². The van der Waals surface area contributed by atoms with E-state index in [1.807, 2.05) is 60.7 Å². The first kappa shape index (κ1) is 20.1. The highest BCUT2D eigenvalue weighted by atomic mass is 16.5. The fourth-order valence-electron chi connectivity index (χ4n) is 4.16. The fraction of sp³-hybridized carbons (Fsp3) is 0.222. The van der Waals surface area contributed by atoms with Crippen LogP contribution in [0.3, 0.4) is 0 Å². The molecular weight excluding hydrogens is 372 g/mol. The van der Waals surface area contributed by atoms with Gasteiger partial charge in [-0.2, -0.15) is 0 Å². The van der Waals surface area contributed by atoms with E-state index in [1.54, 1.807) is 0 Å². The Morgan fingerprint density at radius 3 is 1.70 bits per heavy atom. The summed E-state index contributed by atoms with van der Waals surface area (Å²) < 4.78 is 12.2. The molecule has 152 valence electrons. The molecule has 0 radical (unpaired) electrons. The van der Waals surface area contributed by atoms with Crippen molar-refractivity contribution >= 4 is 5.97 Å². The van der Waals surface area contributed by atoms with Gasteiger partial charge in [0.2, 0.25) is 0 Å². The molecule has 0 aliphatic heterocycles. The summed E-state index contributed by atoms with van der Waals surface area (Å²) in [5, 5.41) is 0. The van der Waals surface area contributed by atoms with Gasteiger partial charge in [-0.1, -0.05) is 97.1 Å². The van der Waals surface area contributed by atoms with Crippen LogP contribution in [0, 0.1) is 5.92 Å². The minimum atomic E-state index is -0.725. The lowest BCUT2D eigenvalue weighted by atomic mass is 9.80. The van der Waals surface area contributed by atoms with Gasteiger partial charge in [-0.05, 0) is 29.2 Å². The van der Waals surface area contributed by atoms with Gasteiger partial charge in [0.1, 0.15) is 11.7 Å². The third-order valence-electron chi connectivity index (χ3n) is 5.51. The van der Waals surface area contributed by atoms with Crippen molar-refractivity contribution in [3.8, 4) is 0 Å². The Labute approximate surface area is 178 Å². The van der Waals surface area contributed by atoms with E-state index < -0.39 is 5.60 Å². The Hall–Kier alpha value is -3.17. The average Bonchev–Trinajstić information content (AvgIpc) is 3.23. The molecule has 0 saturated heterocycles. The van der Waals surface area contributed by atoms with Crippen LogP contribution in [0.1, 0.15) is 30.0 Å². The molecule has 3 aromatic carbocycles. The minimum Gasteiger partial charge on any atom is -0.458 e. The van der Waals surface area contributed by atoms with Crippen LogP contribution < -0.4 is 0 Å². The number of ether oxygens (including phenoxy) is 2. The molecule has 0 fully saturated rings. The van der Waals surface area contributed by atoms with Crippen molar-refractivity contribution in [2.75, 3.05) is 6.61 Å². The lowest BCUT2D eigenvalue weighted by Crippen LogP contribution is -2.34. The number of hydrogen-bond donors (Lipinski definition) is 0. The van der Waals surface area contributed by atoms with Gasteiger partial charge in [-0.15, -0.1) is 0 Å². The van der Waals surface area contributed by atoms with Crippen molar-refractivity contribution in [1.82, 2.24) is 0 Å². The van der Waals surface area contributed by atoms with Gasteiger partial charge < -0.3 is 9.47 Å². The van der Waals surface area contributed by atoms with Crippen LogP contribution in [-0.2, 0) is 19.9 Å². The molecule has 0 saturated carbocycles. The summed E-state index contributed by atoms with van der Waals surface area (Å²) in [6.45, 7) is 1.97. The number of esters is 1. The van der Waals surface area contributed by atoms with Crippen LogP contribution in [0.25, 0.3) is 0 Å². The zero-order valence-corrected chi connectivity index (χ0v) is 17.1. The predicted octanol–water partition coefficient (Wildman–Crippen LogP) is 5.50. The molecule has 0 bridgehead atoms. The second-order valence-electron chi connectivity index (χ2n) is 7.62. The maximum Gasteiger partial charge on any atom is 0.303 e. The lowest BCUT2D eigenvalue weighted by Gasteiger charge is -2.36. The Morgan fingerprint density at radius 1 is 0.800 bits per heavy atom. The fourth-order valence-corrected chi connectivity index (χ4v) is 4.16. The Balaban J connectivity index is 1.71. The molecule has 0 N–H and O–H groups in total. The number of carbonyl (C=O) groups is 1. The normalized spacial score (nSPS) is 18.3. The Bertz CT molecular complexity index is 884. The monoisotopic (exact) mass is 398 g/mol. The maximum absolute atomic E-state index is 11.3. The van der Waals surface area contributed by atoms with E-state index in [0.29, 0.717) is 6.61 Å². The van der Waals surface area contributed by atoms with Crippen LogP contribution in [0.15, 0.2) is 103 Å². The molecule has 1 aliphatic carbocycles. The summed E-state index contributed by atoms with van der Waals surface area (Å²) in [7, 11) is 0. The summed E-state index contributed by atoms with van der Waals surface area (Å²) in [4.78, 5) is 11.3. The highest BCUT2D eigenvalue weighted by Crippen LogP contribution is 2.41. The first-order chi connectivity index (χ1) is 14.7. The van der Waals surface area contributed by atoms with E-state index in [1.165, 1.54) is 6.92 Å². The molecule has 3 heteroatoms. The SMILES string of the molecule is CC(=O)O[C@H]1C=C[C@@H](COC(c2ccccc2)(c2ccccc2)c2ccccc2)C1. The molecule has 3 nitrogen and oxygen atoms in total. The molecule has 4 rings (SSSR count). The van der Waals surface area contributed by atoms with E-state index >= 15 is 0 Å². The third kappa shape index (κ3) is 4.22. The molecule has 30 heavy (non-hydrogen) atoms. The number of benzene rings is 3. The zero-order valence-electron chi connectivity index (χ0n) is 17.1. The molecule has 0 heterocycles. The summed E-state index contributed by atoms with van der Waals surface area (Å²) >= 11 is 0. The van der Waals surface area contributed by atoms with E-state index in [9.17, 15) is 4.79 Å². The van der Waals surface area contributed by atoms with Gasteiger partial charge in [-0.3, -0.25) is 4.79 Å². The number of hydrogen-bond acceptors (Lipinski definition) is 3. The average molecular weight is 399 g/mol. The second kappa shape index (κ2) is 9.10. The summed E-state index contributed by atoms with van der Waals surface area (Å²) in [6.07, 6.45) is 4.63. The highest BCUT2D eigenvalue weighted by Gasteiger charge is 2.38. The second-order valence-corrected chi connectivity index (χ2v) is 7.62. The molecule has 0 aromatic heterocycles. The zero-order chi connectivity index (χ0) is 20.8. The molecule has 0 spiro atoms. The van der Waals surface area contributed by atoms with Crippen LogP contribution in [0.4, 0.5) is 0 Å². The van der Waals surface area contributed by atoms with Crippen molar-refractivity contribution < 1.29 is 14.3 Å². The van der Waals surface area contributed by atoms with Gasteiger partial charge in [0.25, 0.3) is 0 Å². The highest BCUT2D eigenvalue weighted by molar-refractivity contribution is 5.66. The molecular formula is C27H26O3. The van der Waals surface area contributed by atoms with Gasteiger partial charge in [-0.25, -0.2) is 0 Å². The van der Waals surface area contributed by atoms with E-state index in [2.05, 4.69) is 42.5 Å². The van der Waals surface area contributed by atoms with Gasteiger partial charge in [0.15, 0.2) is 0 Å². The minimum absolute atomic E-state index is 0.171. The Morgan fingerprint density at radius 2 is 1.27 bits per heavy atom. The summed E-state index contributed by atoms with van der Waals surface area (Å²) in [5.74, 6) is -0.0664. The summed E-state index contributed by atoms with van der Waals surface area (Å²) in [6, 6.07) is 31.1. The van der Waals surface area contributed by atoms with Crippen LogP contribution >= 0.6 is 0 Å². The molecule has 1 aliphatic rings. The quantitative estimate of drug-likeness (QED) is 0.299. The Kier molecular flexibility index (Phi) is 6.10. The van der Waals surface area contributed by atoms with Gasteiger partial charge >= 0.3 is 5.97 Å². The molecule has 3 aromatic rings. The third-order valence-corrected chi connectivity index (χ3v) is 5.51. The predicted molar refractivity (Wildman–Crippen MR) is 118 cm³/mol. The molecule has 0 unspecified atom stereocenters. The lowest BCUT2D eigenvalue weighted by molar-refractivity contribution is -0.144. The smallest absolute Gasteiger partial charge is 0.303 e. The van der Waals surface area contributed by atoms with Crippen molar-refractivity contribution in [2.24, 2.45) is 5.92 Å². The first-order valence-corrected chi connectivity index (χ1v) is 10.3. The van der Waals surface area contributed by atoms with E-state index in [-0.39, 0.29) is 18.0 Å². The van der Waals surface area contributed by atoms with Crippen molar-refractivity contribution in [2.45, 2.75) is 25.0 Å². The molecule has 2 atom stereocenters. The van der Waals surface area contributed by atoms with Crippen molar-refractivity contribution in [1.29, 1.82) is 0 Å². The first-order valence-electron chi connectivity index (χ1n) is 10.3.